The van der Waals surface area contributed by atoms with Gasteiger partial charge in [-0.15, -0.1) is 0 Å². The predicted molar refractivity (Wildman–Crippen MR) is 256 cm³/mol. The van der Waals surface area contributed by atoms with Gasteiger partial charge in [-0.05, 0) is 99.9 Å². The van der Waals surface area contributed by atoms with E-state index in [-0.39, 0.29) is 49.4 Å². The molecule has 0 spiro atoms. The molecule has 4 aromatic rings. The smallest absolute Gasteiger partial charge is 0.454 e. The van der Waals surface area contributed by atoms with Crippen LogP contribution in [0.4, 0.5) is 26.3 Å². The van der Waals surface area contributed by atoms with Crippen LogP contribution in [-0.4, -0.2) is 45.9 Å². The predicted octanol–water partition coefficient (Wildman–Crippen LogP) is 16.4. The van der Waals surface area contributed by atoms with Crippen molar-refractivity contribution in [3.05, 3.63) is 121 Å². The van der Waals surface area contributed by atoms with Gasteiger partial charge < -0.3 is 23.7 Å². The van der Waals surface area contributed by atoms with E-state index in [2.05, 4.69) is 12.1 Å². The molecule has 371 valence electrons. The number of para-hydroxylation sites is 4. The Morgan fingerprint density at radius 3 is 1.01 bits per heavy atom. The summed E-state index contributed by atoms with van der Waals surface area (Å²) in [5.41, 5.74) is 1.37. The fourth-order valence-electron chi connectivity index (χ4n) is 10.4. The molecule has 4 aromatic carbocycles. The summed E-state index contributed by atoms with van der Waals surface area (Å²) < 4.78 is 110. The first-order chi connectivity index (χ1) is 32.1. The Balaban J connectivity index is 0.000000202. The fraction of sp³-hybridized carbons (Fsp3) is 0.491. The number of hydrogen-bond acceptors (Lipinski definition) is 6. The normalized spacial score (nSPS) is 18.4. The fourth-order valence-corrected chi connectivity index (χ4v) is 19.3. The standard InChI is InChI=1S/2C24H31O2P.C5H2F6O2.Eu/c2*25-27(21-14-6-2-7-15-21,22-16-8-3-9-17-22)24-19-11-10-18-23(24)26-20-12-4-1-5-13-20;6-4(7,8)2(12)1-3(13)5(9,10)11;/h2*1,4-5,10-13,18-19,21-22H,2-3,6-9,14-17H2;1,12H;/b;;2-1-;. The number of halogens is 6. The third-order valence-corrected chi connectivity index (χ3v) is 22.4. The Labute approximate surface area is 438 Å². The molecule has 68 heavy (non-hydrogen) atoms. The summed E-state index contributed by atoms with van der Waals surface area (Å²) >= 11 is 0. The minimum Gasteiger partial charge on any atom is -0.504 e. The third-order valence-electron chi connectivity index (χ3n) is 13.7. The van der Waals surface area contributed by atoms with E-state index in [9.17, 15) is 40.3 Å². The molecule has 1 N–H and O–H groups in total. The number of carbonyl (C=O) groups excluding carboxylic acids is 1. The van der Waals surface area contributed by atoms with E-state index < -0.39 is 44.3 Å². The van der Waals surface area contributed by atoms with Gasteiger partial charge in [-0.2, -0.15) is 26.3 Å². The van der Waals surface area contributed by atoms with Crippen molar-refractivity contribution in [2.75, 3.05) is 0 Å². The maximum absolute atomic E-state index is 14.9. The van der Waals surface area contributed by atoms with Gasteiger partial charge in [0.2, 0.25) is 5.76 Å². The van der Waals surface area contributed by atoms with Gasteiger partial charge in [0.25, 0.3) is 5.78 Å². The summed E-state index contributed by atoms with van der Waals surface area (Å²) in [6, 6.07) is 36.2. The van der Waals surface area contributed by atoms with Crippen LogP contribution in [0.3, 0.4) is 0 Å². The van der Waals surface area contributed by atoms with Crippen LogP contribution in [-0.2, 0) is 13.9 Å². The molecular formula is C53H64EuF6O6P2. The molecule has 0 aromatic heterocycles. The first-order valence-electron chi connectivity index (χ1n) is 24.0. The second-order valence-electron chi connectivity index (χ2n) is 18.2. The summed E-state index contributed by atoms with van der Waals surface area (Å²) in [7, 11) is -5.04. The quantitative estimate of drug-likeness (QED) is 0.0697. The molecule has 4 fully saturated rings. The van der Waals surface area contributed by atoms with Crippen molar-refractivity contribution < 1.29 is 104 Å². The van der Waals surface area contributed by atoms with Gasteiger partial charge in [0.1, 0.15) is 37.3 Å². The number of aliphatic hydroxyl groups excluding tert-OH is 1. The first kappa shape index (κ1) is 56.2. The number of aliphatic hydroxyl groups is 1. The number of ketones is 1. The molecule has 6 nitrogen and oxygen atoms in total. The average Bonchev–Trinajstić information content (AvgIpc) is 3.35. The van der Waals surface area contributed by atoms with Crippen LogP contribution in [0.1, 0.15) is 128 Å². The van der Waals surface area contributed by atoms with Crippen molar-refractivity contribution in [2.45, 2.75) is 163 Å². The van der Waals surface area contributed by atoms with E-state index >= 15 is 0 Å². The number of ether oxygens (including phenoxy) is 2. The Morgan fingerprint density at radius 2 is 0.735 bits per heavy atom. The number of alkyl halides is 6. The molecule has 0 bridgehead atoms. The molecule has 15 heteroatoms. The maximum Gasteiger partial charge on any atom is 0.454 e. The van der Waals surface area contributed by atoms with E-state index in [1.165, 1.54) is 77.0 Å². The van der Waals surface area contributed by atoms with E-state index in [1.807, 2.05) is 97.1 Å². The second-order valence-corrected chi connectivity index (χ2v) is 25.0. The summed E-state index contributed by atoms with van der Waals surface area (Å²) in [5.74, 6) is -2.07. The summed E-state index contributed by atoms with van der Waals surface area (Å²) in [4.78, 5) is 9.86. The number of allylic oxidation sites excluding steroid dienone is 2. The van der Waals surface area contributed by atoms with Crippen LogP contribution in [0.25, 0.3) is 0 Å². The molecule has 4 saturated carbocycles. The Morgan fingerprint density at radius 1 is 0.456 bits per heavy atom. The number of benzene rings is 4. The van der Waals surface area contributed by atoms with E-state index in [4.69, 9.17) is 14.6 Å². The average molecular weight is 1120 g/mol. The van der Waals surface area contributed by atoms with Crippen molar-refractivity contribution in [1.82, 2.24) is 0 Å². The van der Waals surface area contributed by atoms with Gasteiger partial charge >= 0.3 is 12.4 Å². The van der Waals surface area contributed by atoms with Crippen LogP contribution < -0.4 is 20.1 Å². The number of rotatable bonds is 11. The minimum absolute atomic E-state index is 0. The summed E-state index contributed by atoms with van der Waals surface area (Å²) in [6.45, 7) is 0. The molecule has 0 heterocycles. The zero-order valence-corrected chi connectivity index (χ0v) is 42.7. The Kier molecular flexibility index (Phi) is 22.1. The molecule has 0 amide bonds. The molecule has 4 aliphatic rings. The molecule has 8 rings (SSSR count). The van der Waals surface area contributed by atoms with Crippen molar-refractivity contribution in [2.24, 2.45) is 0 Å². The number of carbonyl (C=O) groups is 1. The van der Waals surface area contributed by atoms with Crippen molar-refractivity contribution >= 4 is 30.7 Å². The van der Waals surface area contributed by atoms with Crippen LogP contribution >= 0.6 is 14.3 Å². The topological polar surface area (TPSA) is 89.9 Å². The molecule has 4 aliphatic carbocycles. The molecule has 0 aliphatic heterocycles. The van der Waals surface area contributed by atoms with Gasteiger partial charge in [0, 0.05) is 78.1 Å². The van der Waals surface area contributed by atoms with Crippen LogP contribution in [0.15, 0.2) is 121 Å². The van der Waals surface area contributed by atoms with Crippen molar-refractivity contribution in [1.29, 1.82) is 0 Å². The van der Waals surface area contributed by atoms with Crippen LogP contribution in [0, 0.1) is 49.4 Å². The van der Waals surface area contributed by atoms with Crippen molar-refractivity contribution in [3.8, 4) is 23.0 Å². The molecule has 1 radical (unpaired) electrons. The minimum atomic E-state index is -5.42. The monoisotopic (exact) mass is 1130 g/mol. The molecule has 0 saturated heterocycles. The van der Waals surface area contributed by atoms with E-state index in [1.54, 1.807) is 0 Å². The van der Waals surface area contributed by atoms with E-state index in [0.29, 0.717) is 22.6 Å². The second kappa shape index (κ2) is 26.7. The van der Waals surface area contributed by atoms with Gasteiger partial charge in [0.15, 0.2) is 0 Å². The number of hydrogen-bond donors (Lipinski definition) is 1. The zero-order valence-electron chi connectivity index (χ0n) is 38.4. The summed E-state index contributed by atoms with van der Waals surface area (Å²) in [5, 5.41) is 9.95. The summed E-state index contributed by atoms with van der Waals surface area (Å²) in [6.07, 6.45) is 12.2. The van der Waals surface area contributed by atoms with Crippen molar-refractivity contribution in [3.63, 3.8) is 0 Å². The molecular weight excluding hydrogens is 1060 g/mol. The Hall–Kier alpha value is -2.69. The maximum atomic E-state index is 14.9. The van der Waals surface area contributed by atoms with Crippen LogP contribution in [0.2, 0.25) is 0 Å². The van der Waals surface area contributed by atoms with Gasteiger partial charge in [-0.1, -0.05) is 138 Å². The SMILES string of the molecule is O=C(/C=C(\O)C(F)(F)F)C(F)(F)F.O=P(c1ccccc1Oc1ccccc1)(C1CCCCC1)C1CCCCC1.O=P(c1ccccc1Oc1ccccc1)(C1CCCCC1)C1CCCCC1.[Eu]. The van der Waals surface area contributed by atoms with E-state index in [0.717, 1.165) is 85.0 Å². The van der Waals surface area contributed by atoms with Gasteiger partial charge in [0.05, 0.1) is 10.6 Å². The van der Waals surface area contributed by atoms with Gasteiger partial charge in [-0.3, -0.25) is 4.79 Å². The molecule has 0 atom stereocenters. The van der Waals surface area contributed by atoms with Crippen LogP contribution in [0.5, 0.6) is 23.0 Å². The Bertz CT molecular complexity index is 2100. The molecule has 0 unspecified atom stereocenters. The zero-order chi connectivity index (χ0) is 47.9. The third kappa shape index (κ3) is 15.2. The largest absolute Gasteiger partial charge is 0.504 e. The first-order valence-corrected chi connectivity index (χ1v) is 27.7. The van der Waals surface area contributed by atoms with Gasteiger partial charge in [-0.25, -0.2) is 0 Å².